The van der Waals surface area contributed by atoms with Gasteiger partial charge < -0.3 is 9.26 Å². The van der Waals surface area contributed by atoms with Crippen molar-refractivity contribution in [2.45, 2.75) is 6.42 Å². The summed E-state index contributed by atoms with van der Waals surface area (Å²) >= 11 is 3.54. The van der Waals surface area contributed by atoms with E-state index in [4.69, 9.17) is 9.26 Å². The Kier molecular flexibility index (Phi) is 2.70. The molecule has 3 rings (SSSR count). The van der Waals surface area contributed by atoms with Crippen LogP contribution in [0.15, 0.2) is 39.0 Å². The molecular weight excluding hydrogens is 298 g/mol. The van der Waals surface area contributed by atoms with Crippen molar-refractivity contribution in [3.8, 4) is 0 Å². The number of allylic oxidation sites excluding steroid dienone is 6. The zero-order chi connectivity index (χ0) is 12.7. The first-order chi connectivity index (χ1) is 8.70. The molecular formula is C13H10BrNO3. The fraction of sp³-hybridized carbons (Fsp3) is 0.231. The molecule has 92 valence electrons. The lowest BCUT2D eigenvalue weighted by molar-refractivity contribution is 0.0599. The van der Waals surface area contributed by atoms with Crippen molar-refractivity contribution >= 4 is 27.5 Å². The van der Waals surface area contributed by atoms with Gasteiger partial charge in [0, 0.05) is 16.0 Å². The van der Waals surface area contributed by atoms with Gasteiger partial charge in [0.25, 0.3) is 0 Å². The number of hydrogen-bond acceptors (Lipinski definition) is 4. The summed E-state index contributed by atoms with van der Waals surface area (Å²) in [5.41, 5.74) is 2.53. The zero-order valence-electron chi connectivity index (χ0n) is 9.64. The van der Waals surface area contributed by atoms with E-state index in [0.29, 0.717) is 17.2 Å². The van der Waals surface area contributed by atoms with Gasteiger partial charge in [-0.3, -0.25) is 0 Å². The molecule has 1 aromatic rings. The molecule has 1 fully saturated rings. The normalized spacial score (nSPS) is 21.2. The predicted molar refractivity (Wildman–Crippen MR) is 69.0 cm³/mol. The Hall–Kier alpha value is -1.62. The van der Waals surface area contributed by atoms with Crippen molar-refractivity contribution in [1.82, 2.24) is 5.16 Å². The predicted octanol–water partition coefficient (Wildman–Crippen LogP) is 3.08. The second-order valence-electron chi connectivity index (χ2n) is 4.21. The number of hydrogen-bond donors (Lipinski definition) is 0. The zero-order valence-corrected chi connectivity index (χ0v) is 11.2. The van der Waals surface area contributed by atoms with E-state index in [1.165, 1.54) is 18.9 Å². The molecule has 0 radical (unpaired) electrons. The number of carbonyl (C=O) groups is 1. The molecule has 0 aliphatic heterocycles. The molecule has 2 aliphatic carbocycles. The molecule has 0 saturated heterocycles. The molecule has 1 unspecified atom stereocenters. The number of ether oxygens (including phenoxy) is 1. The standard InChI is InChI=1S/C13H10BrNO3/c1-17-13(16)10-6-15-18-12(10)7-2-3-11(14)9-5-8(9)4-7/h2-4,6,9H,5H2,1H3. The van der Waals surface area contributed by atoms with Crippen LogP contribution in [-0.4, -0.2) is 18.2 Å². The molecule has 1 saturated carbocycles. The Labute approximate surface area is 112 Å². The molecule has 1 heterocycles. The Morgan fingerprint density at radius 2 is 2.39 bits per heavy atom. The summed E-state index contributed by atoms with van der Waals surface area (Å²) < 4.78 is 11.0. The summed E-state index contributed by atoms with van der Waals surface area (Å²) in [4.78, 5) is 11.6. The van der Waals surface area contributed by atoms with E-state index in [0.717, 1.165) is 16.5 Å². The van der Waals surface area contributed by atoms with Crippen molar-refractivity contribution in [3.05, 3.63) is 45.8 Å². The molecule has 0 bridgehead atoms. The van der Waals surface area contributed by atoms with E-state index in [1.54, 1.807) is 0 Å². The smallest absolute Gasteiger partial charge is 0.343 e. The van der Waals surface area contributed by atoms with E-state index in [9.17, 15) is 4.79 Å². The third-order valence-corrected chi connectivity index (χ3v) is 3.88. The van der Waals surface area contributed by atoms with Crippen molar-refractivity contribution in [2.75, 3.05) is 7.11 Å². The maximum absolute atomic E-state index is 11.6. The minimum Gasteiger partial charge on any atom is -0.465 e. The highest BCUT2D eigenvalue weighted by molar-refractivity contribution is 9.11. The lowest BCUT2D eigenvalue weighted by Crippen LogP contribution is -2.02. The fourth-order valence-corrected chi connectivity index (χ4v) is 2.58. The van der Waals surface area contributed by atoms with E-state index in [-0.39, 0.29) is 0 Å². The minimum absolute atomic E-state index is 0.351. The van der Waals surface area contributed by atoms with Crippen LogP contribution in [0.2, 0.25) is 0 Å². The second-order valence-corrected chi connectivity index (χ2v) is 5.13. The van der Waals surface area contributed by atoms with E-state index in [2.05, 4.69) is 21.1 Å². The van der Waals surface area contributed by atoms with Gasteiger partial charge >= 0.3 is 5.97 Å². The van der Waals surface area contributed by atoms with Crippen molar-refractivity contribution in [2.24, 2.45) is 5.92 Å². The van der Waals surface area contributed by atoms with Crippen LogP contribution in [-0.2, 0) is 4.74 Å². The molecule has 4 nitrogen and oxygen atoms in total. The highest BCUT2D eigenvalue weighted by Gasteiger charge is 2.34. The van der Waals surface area contributed by atoms with E-state index in [1.807, 2.05) is 18.2 Å². The van der Waals surface area contributed by atoms with Crippen LogP contribution in [0.4, 0.5) is 0 Å². The van der Waals surface area contributed by atoms with Gasteiger partial charge in [0.1, 0.15) is 5.56 Å². The van der Waals surface area contributed by atoms with Crippen LogP contribution in [0.1, 0.15) is 22.5 Å². The average Bonchev–Trinajstić information content (AvgIpc) is 3.01. The highest BCUT2D eigenvalue weighted by atomic mass is 79.9. The number of esters is 1. The second kappa shape index (κ2) is 4.24. The number of carbonyl (C=O) groups excluding carboxylic acids is 1. The monoisotopic (exact) mass is 307 g/mol. The number of nitrogens with zero attached hydrogens (tertiary/aromatic N) is 1. The average molecular weight is 308 g/mol. The lowest BCUT2D eigenvalue weighted by atomic mass is 10.1. The van der Waals surface area contributed by atoms with Crippen molar-refractivity contribution < 1.29 is 14.1 Å². The molecule has 18 heavy (non-hydrogen) atoms. The molecule has 1 aromatic heterocycles. The van der Waals surface area contributed by atoms with Gasteiger partial charge in [0.15, 0.2) is 5.76 Å². The van der Waals surface area contributed by atoms with Gasteiger partial charge in [-0.05, 0) is 6.42 Å². The molecule has 0 spiro atoms. The highest BCUT2D eigenvalue weighted by Crippen LogP contribution is 2.48. The molecule has 1 atom stereocenters. The number of aromatic nitrogens is 1. The quantitative estimate of drug-likeness (QED) is 0.788. The van der Waals surface area contributed by atoms with Crippen LogP contribution >= 0.6 is 15.9 Å². The first kappa shape index (κ1) is 11.5. The maximum Gasteiger partial charge on any atom is 0.343 e. The minimum atomic E-state index is -0.440. The SMILES string of the molecule is COC(=O)c1cnoc1C1=CC=C(Br)C2CC2=C1. The molecule has 0 N–H and O–H groups in total. The first-order valence-corrected chi connectivity index (χ1v) is 6.31. The Morgan fingerprint density at radius 3 is 3.17 bits per heavy atom. The third-order valence-electron chi connectivity index (χ3n) is 3.06. The van der Waals surface area contributed by atoms with Gasteiger partial charge in [-0.25, -0.2) is 4.79 Å². The van der Waals surface area contributed by atoms with E-state index < -0.39 is 5.97 Å². The van der Waals surface area contributed by atoms with Gasteiger partial charge in [0.2, 0.25) is 0 Å². The van der Waals surface area contributed by atoms with Gasteiger partial charge in [-0.15, -0.1) is 0 Å². The Balaban J connectivity index is 2.03. The molecule has 2 aliphatic rings. The first-order valence-electron chi connectivity index (χ1n) is 5.52. The Bertz CT molecular complexity index is 610. The Morgan fingerprint density at radius 1 is 1.56 bits per heavy atom. The molecule has 0 aromatic carbocycles. The fourth-order valence-electron chi connectivity index (χ4n) is 1.99. The summed E-state index contributed by atoms with van der Waals surface area (Å²) in [5, 5.41) is 3.68. The number of fused-ring (bicyclic) bond motifs is 1. The topological polar surface area (TPSA) is 52.3 Å². The summed E-state index contributed by atoms with van der Waals surface area (Å²) in [6.45, 7) is 0. The lowest BCUT2D eigenvalue weighted by Gasteiger charge is -1.99. The number of rotatable bonds is 2. The molecule has 5 heteroatoms. The van der Waals surface area contributed by atoms with Crippen molar-refractivity contribution in [3.63, 3.8) is 0 Å². The summed E-state index contributed by atoms with van der Waals surface area (Å²) in [7, 11) is 1.34. The maximum atomic E-state index is 11.6. The largest absolute Gasteiger partial charge is 0.465 e. The van der Waals surface area contributed by atoms with Gasteiger partial charge in [-0.1, -0.05) is 44.9 Å². The van der Waals surface area contributed by atoms with Gasteiger partial charge in [-0.2, -0.15) is 0 Å². The molecule has 0 amide bonds. The van der Waals surface area contributed by atoms with Crippen LogP contribution in [0.3, 0.4) is 0 Å². The van der Waals surface area contributed by atoms with Crippen LogP contribution in [0, 0.1) is 5.92 Å². The summed E-state index contributed by atoms with van der Waals surface area (Å²) in [6, 6.07) is 0. The number of halogens is 1. The third kappa shape index (κ3) is 1.84. The van der Waals surface area contributed by atoms with E-state index >= 15 is 0 Å². The van der Waals surface area contributed by atoms with Crippen LogP contribution < -0.4 is 0 Å². The summed E-state index contributed by atoms with van der Waals surface area (Å²) in [5.74, 6) is 0.506. The van der Waals surface area contributed by atoms with Crippen LogP contribution in [0.25, 0.3) is 5.57 Å². The number of methoxy groups -OCH3 is 1. The summed E-state index contributed by atoms with van der Waals surface area (Å²) in [6.07, 6.45) is 8.38. The van der Waals surface area contributed by atoms with Crippen molar-refractivity contribution in [1.29, 1.82) is 0 Å². The van der Waals surface area contributed by atoms with Crippen LogP contribution in [0.5, 0.6) is 0 Å². The van der Waals surface area contributed by atoms with Gasteiger partial charge in [0.05, 0.1) is 13.3 Å².